The summed E-state index contributed by atoms with van der Waals surface area (Å²) in [6.45, 7) is 6.60. The van der Waals surface area contributed by atoms with Crippen molar-refractivity contribution in [2.24, 2.45) is 0 Å². The van der Waals surface area contributed by atoms with Crippen LogP contribution in [0.15, 0.2) is 71.9 Å². The number of hydrogen-bond donors (Lipinski definition) is 0. The van der Waals surface area contributed by atoms with Gasteiger partial charge in [-0.1, -0.05) is 38.1 Å². The second-order valence-corrected chi connectivity index (χ2v) is 10.5. The van der Waals surface area contributed by atoms with Gasteiger partial charge in [-0.05, 0) is 41.8 Å². The zero-order valence-corrected chi connectivity index (χ0v) is 19.8. The molecule has 170 valence electrons. The van der Waals surface area contributed by atoms with E-state index in [9.17, 15) is 4.79 Å². The van der Waals surface area contributed by atoms with Gasteiger partial charge >= 0.3 is 0 Å². The maximum absolute atomic E-state index is 11.1. The Morgan fingerprint density at radius 3 is 2.85 bits per heavy atom. The van der Waals surface area contributed by atoms with Crippen molar-refractivity contribution >= 4 is 28.4 Å². The fraction of sp³-hybridized carbons (Fsp3) is 0.333. The van der Waals surface area contributed by atoms with Crippen molar-refractivity contribution in [1.82, 2.24) is 0 Å². The fourth-order valence-corrected chi connectivity index (χ4v) is 6.73. The number of carbonyl (C=O) groups excluding carboxylic acids is 1. The number of hydrogen-bond acceptors (Lipinski definition) is 3. The highest BCUT2D eigenvalue weighted by atomic mass is 16.5. The van der Waals surface area contributed by atoms with Crippen LogP contribution >= 0.6 is 0 Å². The van der Waals surface area contributed by atoms with E-state index < -0.39 is 0 Å². The number of anilines is 1. The van der Waals surface area contributed by atoms with E-state index in [1.807, 2.05) is 0 Å². The lowest BCUT2D eigenvalue weighted by Crippen LogP contribution is -2.49. The van der Waals surface area contributed by atoms with Crippen molar-refractivity contribution in [1.29, 1.82) is 0 Å². The number of para-hydroxylation sites is 1. The molecule has 0 spiro atoms. The lowest BCUT2D eigenvalue weighted by atomic mass is 9.78. The predicted molar refractivity (Wildman–Crippen MR) is 134 cm³/mol. The van der Waals surface area contributed by atoms with Crippen LogP contribution in [0, 0.1) is 0 Å². The minimum absolute atomic E-state index is 0.135. The van der Waals surface area contributed by atoms with Gasteiger partial charge in [-0.15, -0.1) is 0 Å². The van der Waals surface area contributed by atoms with Crippen molar-refractivity contribution in [3.05, 3.63) is 88.8 Å². The van der Waals surface area contributed by atoms with Gasteiger partial charge in [0.05, 0.1) is 17.8 Å². The SMILES string of the molecule is CC1(C)C2=C3C=C4c5ccc6ccccc6[n+]5CCC4OC3CCN2c2ccc(CC=O)cc21. The maximum atomic E-state index is 11.1. The van der Waals surface area contributed by atoms with Crippen LogP contribution in [0.2, 0.25) is 0 Å². The van der Waals surface area contributed by atoms with Crippen molar-refractivity contribution in [2.75, 3.05) is 11.4 Å². The molecule has 4 nitrogen and oxygen atoms in total. The molecule has 2 atom stereocenters. The zero-order valence-electron chi connectivity index (χ0n) is 19.8. The number of carbonyl (C=O) groups is 1. The van der Waals surface area contributed by atoms with E-state index in [4.69, 9.17) is 4.74 Å². The Kier molecular flexibility index (Phi) is 4.23. The van der Waals surface area contributed by atoms with Crippen molar-refractivity contribution in [3.8, 4) is 0 Å². The monoisotopic (exact) mass is 449 g/mol. The second-order valence-electron chi connectivity index (χ2n) is 10.5. The summed E-state index contributed by atoms with van der Waals surface area (Å²) in [5.74, 6) is 0. The summed E-state index contributed by atoms with van der Waals surface area (Å²) >= 11 is 0. The quantitative estimate of drug-likeness (QED) is 0.413. The number of pyridine rings is 1. The molecule has 0 saturated carbocycles. The van der Waals surface area contributed by atoms with Gasteiger partial charge in [0, 0.05) is 59.3 Å². The molecule has 4 aliphatic heterocycles. The molecule has 0 bridgehead atoms. The van der Waals surface area contributed by atoms with Gasteiger partial charge < -0.3 is 14.4 Å². The van der Waals surface area contributed by atoms with E-state index in [1.165, 1.54) is 44.7 Å². The topological polar surface area (TPSA) is 33.4 Å². The number of aryl methyl sites for hydroxylation is 1. The molecule has 0 radical (unpaired) electrons. The Morgan fingerprint density at radius 2 is 1.97 bits per heavy atom. The first-order valence-corrected chi connectivity index (χ1v) is 12.4. The molecule has 2 unspecified atom stereocenters. The third-order valence-corrected chi connectivity index (χ3v) is 8.28. The summed E-state index contributed by atoms with van der Waals surface area (Å²) in [6.07, 6.45) is 6.25. The standard InChI is InChI=1S/C30H29N2O2/c1-30(2)23-17-19(13-16-33)7-9-26(23)32-15-12-28-22(29(30)32)18-21-25-10-8-20-5-3-4-6-24(20)31(25)14-11-27(21)34-28/h3-10,16-18,27-28H,11-15H2,1-2H3/q+1. The van der Waals surface area contributed by atoms with Gasteiger partial charge in [-0.25, -0.2) is 0 Å². The zero-order chi connectivity index (χ0) is 23.0. The first-order chi connectivity index (χ1) is 16.6. The first kappa shape index (κ1) is 20.2. The number of nitrogens with zero attached hydrogens (tertiary/aromatic N) is 2. The largest absolute Gasteiger partial charge is 0.365 e. The number of allylic oxidation sites excluding steroid dienone is 1. The number of aldehydes is 1. The summed E-state index contributed by atoms with van der Waals surface area (Å²) < 4.78 is 9.28. The number of fused-ring (bicyclic) bond motifs is 9. The fourth-order valence-electron chi connectivity index (χ4n) is 6.73. The smallest absolute Gasteiger partial charge is 0.212 e. The molecular weight excluding hydrogens is 420 g/mol. The Bertz CT molecular complexity index is 1430. The molecule has 0 N–H and O–H groups in total. The number of aromatic nitrogens is 1. The Hall–Kier alpha value is -3.24. The molecule has 0 amide bonds. The third kappa shape index (κ3) is 2.69. The Balaban J connectivity index is 1.42. The van der Waals surface area contributed by atoms with Crippen LogP contribution in [-0.4, -0.2) is 25.0 Å². The number of benzene rings is 2. The molecule has 0 aliphatic carbocycles. The highest BCUT2D eigenvalue weighted by Gasteiger charge is 2.48. The maximum Gasteiger partial charge on any atom is 0.212 e. The highest BCUT2D eigenvalue weighted by molar-refractivity contribution is 5.80. The summed E-state index contributed by atoms with van der Waals surface area (Å²) in [5, 5.41) is 1.28. The molecule has 0 fully saturated rings. The van der Waals surface area contributed by atoms with Crippen molar-refractivity contribution in [3.63, 3.8) is 0 Å². The second kappa shape index (κ2) is 7.13. The molecule has 1 aromatic heterocycles. The summed E-state index contributed by atoms with van der Waals surface area (Å²) in [4.78, 5) is 13.6. The highest BCUT2D eigenvalue weighted by Crippen LogP contribution is 2.53. The average Bonchev–Trinajstić information content (AvgIpc) is 3.09. The van der Waals surface area contributed by atoms with Crippen molar-refractivity contribution < 1.29 is 14.1 Å². The van der Waals surface area contributed by atoms with Gasteiger partial charge in [-0.3, -0.25) is 0 Å². The van der Waals surface area contributed by atoms with Crippen LogP contribution in [-0.2, 0) is 27.9 Å². The first-order valence-electron chi connectivity index (χ1n) is 12.4. The molecule has 0 saturated heterocycles. The summed E-state index contributed by atoms with van der Waals surface area (Å²) in [7, 11) is 0. The Morgan fingerprint density at radius 1 is 1.09 bits per heavy atom. The van der Waals surface area contributed by atoms with Crippen molar-refractivity contribution in [2.45, 2.75) is 57.3 Å². The van der Waals surface area contributed by atoms with E-state index in [2.05, 4.69) is 84.0 Å². The third-order valence-electron chi connectivity index (χ3n) is 8.28. The van der Waals surface area contributed by atoms with E-state index in [1.54, 1.807) is 0 Å². The van der Waals surface area contributed by atoms with Crippen LogP contribution in [0.3, 0.4) is 0 Å². The number of rotatable bonds is 2. The van der Waals surface area contributed by atoms with Gasteiger partial charge in [0.2, 0.25) is 11.2 Å². The number of ether oxygens (including phenoxy) is 1. The van der Waals surface area contributed by atoms with Gasteiger partial charge in [0.15, 0.2) is 6.54 Å². The minimum Gasteiger partial charge on any atom is -0.365 e. The molecule has 5 heterocycles. The van der Waals surface area contributed by atoms with Gasteiger partial charge in [0.25, 0.3) is 0 Å². The lowest BCUT2D eigenvalue weighted by molar-refractivity contribution is -0.678. The van der Waals surface area contributed by atoms with E-state index in [0.717, 1.165) is 37.8 Å². The Labute approximate surface area is 200 Å². The van der Waals surface area contributed by atoms with E-state index in [0.29, 0.717) is 6.42 Å². The molecule has 4 aliphatic rings. The van der Waals surface area contributed by atoms with Crippen LogP contribution in [0.4, 0.5) is 5.69 Å². The normalized spacial score (nSPS) is 24.1. The molecule has 34 heavy (non-hydrogen) atoms. The van der Waals surface area contributed by atoms with Crippen LogP contribution in [0.1, 0.15) is 43.5 Å². The van der Waals surface area contributed by atoms with Crippen LogP contribution < -0.4 is 9.47 Å². The molecule has 4 heteroatoms. The molecule has 2 aromatic carbocycles. The molecule has 7 rings (SSSR count). The van der Waals surface area contributed by atoms with E-state index >= 15 is 0 Å². The van der Waals surface area contributed by atoms with Crippen LogP contribution in [0.5, 0.6) is 0 Å². The molecule has 3 aromatic rings. The van der Waals surface area contributed by atoms with E-state index in [-0.39, 0.29) is 17.6 Å². The lowest BCUT2D eigenvalue weighted by Gasteiger charge is -2.42. The van der Waals surface area contributed by atoms with Gasteiger partial charge in [0.1, 0.15) is 6.29 Å². The predicted octanol–water partition coefficient (Wildman–Crippen LogP) is 4.88. The van der Waals surface area contributed by atoms with Crippen LogP contribution in [0.25, 0.3) is 16.5 Å². The minimum atomic E-state index is -0.135. The average molecular weight is 450 g/mol. The summed E-state index contributed by atoms with van der Waals surface area (Å²) in [5.41, 5.74) is 10.1. The molecular formula is C30H29N2O2+. The summed E-state index contributed by atoms with van der Waals surface area (Å²) in [6, 6.07) is 19.7. The van der Waals surface area contributed by atoms with Gasteiger partial charge in [-0.2, -0.15) is 4.57 Å².